The number of aldehydes is 1. The third-order valence-electron chi connectivity index (χ3n) is 1.91. The number of carbonyl (C=O) groups is 1. The number of rotatable bonds is 4. The van der Waals surface area contributed by atoms with Crippen LogP contribution in [0, 0.1) is 5.82 Å². The van der Waals surface area contributed by atoms with Crippen LogP contribution >= 0.6 is 0 Å². The molecule has 1 rings (SSSR count). The van der Waals surface area contributed by atoms with Crippen molar-refractivity contribution in [3.8, 4) is 0 Å². The second kappa shape index (κ2) is 5.83. The summed E-state index contributed by atoms with van der Waals surface area (Å²) in [5, 5.41) is 0. The molecule has 3 nitrogen and oxygen atoms in total. The molecular formula is C11H9F3N2O. The van der Waals surface area contributed by atoms with Crippen molar-refractivity contribution in [1.29, 1.82) is 0 Å². The number of hydrogen-bond acceptors (Lipinski definition) is 3. The molecule has 0 heterocycles. The second-order valence-electron chi connectivity index (χ2n) is 3.05. The highest BCUT2D eigenvalue weighted by Gasteiger charge is 2.03. The van der Waals surface area contributed by atoms with Crippen LogP contribution in [0.2, 0.25) is 0 Å². The molecule has 1 aromatic carbocycles. The van der Waals surface area contributed by atoms with E-state index in [1.807, 2.05) is 0 Å². The fraction of sp³-hybridized carbons (Fsp3) is 0.0909. The molecule has 0 amide bonds. The quantitative estimate of drug-likeness (QED) is 0.500. The lowest BCUT2D eigenvalue weighted by molar-refractivity contribution is 0.111. The van der Waals surface area contributed by atoms with Gasteiger partial charge in [0, 0.05) is 17.5 Å². The Morgan fingerprint density at radius 1 is 1.41 bits per heavy atom. The maximum Gasteiger partial charge on any atom is 0.331 e. The molecule has 0 saturated heterocycles. The van der Waals surface area contributed by atoms with Gasteiger partial charge in [-0.05, 0) is 18.2 Å². The SMILES string of the molecule is NC(=CC=NC(F)F)c1ccc(C=O)c(F)c1. The summed E-state index contributed by atoms with van der Waals surface area (Å²) in [4.78, 5) is 13.1. The van der Waals surface area contributed by atoms with Crippen molar-refractivity contribution in [3.63, 3.8) is 0 Å². The van der Waals surface area contributed by atoms with Crippen LogP contribution in [0.25, 0.3) is 5.70 Å². The van der Waals surface area contributed by atoms with Crippen molar-refractivity contribution in [3.05, 3.63) is 41.2 Å². The van der Waals surface area contributed by atoms with Crippen LogP contribution in [0.4, 0.5) is 13.2 Å². The molecule has 0 saturated carbocycles. The Labute approximate surface area is 95.5 Å². The summed E-state index contributed by atoms with van der Waals surface area (Å²) < 4.78 is 36.6. The van der Waals surface area contributed by atoms with Crippen molar-refractivity contribution >= 4 is 18.2 Å². The zero-order valence-electron chi connectivity index (χ0n) is 8.61. The second-order valence-corrected chi connectivity index (χ2v) is 3.05. The van der Waals surface area contributed by atoms with E-state index in [1.54, 1.807) is 0 Å². The van der Waals surface area contributed by atoms with Crippen LogP contribution < -0.4 is 5.73 Å². The number of allylic oxidation sites excluding steroid dienone is 1. The zero-order valence-corrected chi connectivity index (χ0v) is 8.61. The standard InChI is InChI=1S/C11H9F3N2O/c12-9-5-7(1-2-8(9)6-17)10(15)3-4-16-11(13)14/h1-6,11H,15H2. The summed E-state index contributed by atoms with van der Waals surface area (Å²) in [6, 6.07) is 3.71. The summed E-state index contributed by atoms with van der Waals surface area (Å²) in [5.74, 6) is -0.723. The van der Waals surface area contributed by atoms with Crippen LogP contribution in [0.15, 0.2) is 29.3 Å². The smallest absolute Gasteiger partial charge is 0.331 e. The lowest BCUT2D eigenvalue weighted by atomic mass is 10.1. The molecule has 90 valence electrons. The largest absolute Gasteiger partial charge is 0.398 e. The van der Waals surface area contributed by atoms with Crippen molar-refractivity contribution in [2.24, 2.45) is 10.7 Å². The average molecular weight is 242 g/mol. The van der Waals surface area contributed by atoms with Gasteiger partial charge in [0.2, 0.25) is 0 Å². The Morgan fingerprint density at radius 2 is 2.12 bits per heavy atom. The van der Waals surface area contributed by atoms with E-state index >= 15 is 0 Å². The van der Waals surface area contributed by atoms with Crippen LogP contribution in [0.1, 0.15) is 15.9 Å². The first-order chi connectivity index (χ1) is 8.04. The van der Waals surface area contributed by atoms with Crippen LogP contribution in [0.3, 0.4) is 0 Å². The van der Waals surface area contributed by atoms with Gasteiger partial charge in [-0.1, -0.05) is 6.07 Å². The van der Waals surface area contributed by atoms with E-state index in [-0.39, 0.29) is 16.8 Å². The van der Waals surface area contributed by atoms with Gasteiger partial charge < -0.3 is 5.73 Å². The third kappa shape index (κ3) is 3.75. The normalized spacial score (nSPS) is 12.4. The Bertz CT molecular complexity index is 470. The summed E-state index contributed by atoms with van der Waals surface area (Å²) in [7, 11) is 0. The summed E-state index contributed by atoms with van der Waals surface area (Å²) >= 11 is 0. The number of alkyl halides is 2. The molecule has 0 bridgehead atoms. The lowest BCUT2D eigenvalue weighted by Crippen LogP contribution is -1.99. The minimum Gasteiger partial charge on any atom is -0.398 e. The minimum atomic E-state index is -2.81. The molecule has 0 aliphatic rings. The summed E-state index contributed by atoms with van der Waals surface area (Å²) in [6.07, 6.45) is 2.34. The van der Waals surface area contributed by atoms with Crippen LogP contribution in [0.5, 0.6) is 0 Å². The molecule has 0 spiro atoms. The van der Waals surface area contributed by atoms with Gasteiger partial charge in [-0.15, -0.1) is 0 Å². The highest BCUT2D eigenvalue weighted by Crippen LogP contribution is 2.13. The molecule has 2 N–H and O–H groups in total. The average Bonchev–Trinajstić information content (AvgIpc) is 2.28. The monoisotopic (exact) mass is 242 g/mol. The molecule has 17 heavy (non-hydrogen) atoms. The van der Waals surface area contributed by atoms with Gasteiger partial charge >= 0.3 is 6.55 Å². The first kappa shape index (κ1) is 13.0. The van der Waals surface area contributed by atoms with Crippen molar-refractivity contribution in [2.75, 3.05) is 0 Å². The topological polar surface area (TPSA) is 55.4 Å². The lowest BCUT2D eigenvalue weighted by Gasteiger charge is -2.02. The molecule has 0 radical (unpaired) electrons. The Morgan fingerprint density at radius 3 is 2.65 bits per heavy atom. The van der Waals surface area contributed by atoms with Crippen molar-refractivity contribution in [2.45, 2.75) is 6.55 Å². The summed E-state index contributed by atoms with van der Waals surface area (Å²) in [6.45, 7) is -2.81. The third-order valence-corrected chi connectivity index (χ3v) is 1.91. The molecule has 0 fully saturated rings. The molecule has 1 aromatic rings. The Hall–Kier alpha value is -2.11. The molecular weight excluding hydrogens is 233 g/mol. The van der Waals surface area contributed by atoms with Gasteiger partial charge in [0.15, 0.2) is 6.29 Å². The van der Waals surface area contributed by atoms with Crippen molar-refractivity contribution in [1.82, 2.24) is 0 Å². The first-order valence-corrected chi connectivity index (χ1v) is 4.56. The van der Waals surface area contributed by atoms with E-state index in [4.69, 9.17) is 5.73 Å². The molecule has 0 aliphatic carbocycles. The highest BCUT2D eigenvalue weighted by molar-refractivity contribution is 5.84. The van der Waals surface area contributed by atoms with E-state index in [0.717, 1.165) is 18.4 Å². The fourth-order valence-corrected chi connectivity index (χ4v) is 1.09. The van der Waals surface area contributed by atoms with Crippen LogP contribution in [-0.4, -0.2) is 19.1 Å². The number of nitrogens with zero attached hydrogens (tertiary/aromatic N) is 1. The molecule has 6 heteroatoms. The van der Waals surface area contributed by atoms with Gasteiger partial charge in [0.05, 0.1) is 5.56 Å². The zero-order chi connectivity index (χ0) is 12.8. The van der Waals surface area contributed by atoms with E-state index < -0.39 is 12.4 Å². The Balaban J connectivity index is 2.93. The van der Waals surface area contributed by atoms with E-state index in [9.17, 15) is 18.0 Å². The molecule has 0 unspecified atom stereocenters. The van der Waals surface area contributed by atoms with Gasteiger partial charge in [0.25, 0.3) is 0 Å². The van der Waals surface area contributed by atoms with Crippen LogP contribution in [-0.2, 0) is 0 Å². The van der Waals surface area contributed by atoms with Crippen molar-refractivity contribution < 1.29 is 18.0 Å². The number of hydrogen-bond donors (Lipinski definition) is 1. The predicted molar refractivity (Wildman–Crippen MR) is 58.4 cm³/mol. The predicted octanol–water partition coefficient (Wildman–Crippen LogP) is 2.23. The Kier molecular flexibility index (Phi) is 4.45. The highest BCUT2D eigenvalue weighted by atomic mass is 19.3. The minimum absolute atomic E-state index is 0.0748. The number of carbonyl (C=O) groups excluding carboxylic acids is 1. The molecule has 0 atom stereocenters. The van der Waals surface area contributed by atoms with E-state index in [0.29, 0.717) is 6.29 Å². The van der Waals surface area contributed by atoms with E-state index in [2.05, 4.69) is 4.99 Å². The van der Waals surface area contributed by atoms with Gasteiger partial charge in [-0.25, -0.2) is 9.38 Å². The maximum atomic E-state index is 13.2. The first-order valence-electron chi connectivity index (χ1n) is 4.56. The summed E-state index contributed by atoms with van der Waals surface area (Å²) in [5.41, 5.74) is 5.78. The van der Waals surface area contributed by atoms with Gasteiger partial charge in [-0.2, -0.15) is 8.78 Å². The van der Waals surface area contributed by atoms with Gasteiger partial charge in [0.1, 0.15) is 5.82 Å². The molecule has 0 aromatic heterocycles. The van der Waals surface area contributed by atoms with Gasteiger partial charge in [-0.3, -0.25) is 4.79 Å². The number of aliphatic imine (C=N–C) groups is 1. The number of nitrogens with two attached hydrogens (primary N) is 1. The maximum absolute atomic E-state index is 13.2. The fourth-order valence-electron chi connectivity index (χ4n) is 1.09. The van der Waals surface area contributed by atoms with E-state index in [1.165, 1.54) is 12.1 Å². The molecule has 0 aliphatic heterocycles. The number of halogens is 3. The number of benzene rings is 1.